The van der Waals surface area contributed by atoms with Gasteiger partial charge in [-0.1, -0.05) is 0 Å². The Morgan fingerprint density at radius 2 is 2.00 bits per heavy atom. The molecule has 2 aromatic heterocycles. The molecule has 138 valence electrons. The summed E-state index contributed by atoms with van der Waals surface area (Å²) in [5.41, 5.74) is 4.79. The third-order valence-electron chi connectivity index (χ3n) is 4.85. The minimum absolute atomic E-state index is 0. The molecule has 5 nitrogen and oxygen atoms in total. The Morgan fingerprint density at radius 1 is 1.28 bits per heavy atom. The summed E-state index contributed by atoms with van der Waals surface area (Å²) >= 11 is 0. The van der Waals surface area contributed by atoms with Gasteiger partial charge < -0.3 is 4.74 Å². The molecular formula is C19H30N4OS. The maximum Gasteiger partial charge on any atom is 0.232 e. The van der Waals surface area contributed by atoms with Gasteiger partial charge in [-0.25, -0.2) is 0 Å². The van der Waals surface area contributed by atoms with Crippen LogP contribution in [0.4, 0.5) is 0 Å². The van der Waals surface area contributed by atoms with Crippen LogP contribution in [0.3, 0.4) is 0 Å². The maximum absolute atomic E-state index is 5.46. The number of aromatic amines is 1. The van der Waals surface area contributed by atoms with E-state index in [4.69, 9.17) is 4.74 Å². The first-order valence-electron chi connectivity index (χ1n) is 8.91. The molecule has 3 heterocycles. The summed E-state index contributed by atoms with van der Waals surface area (Å²) in [7, 11) is 0. The summed E-state index contributed by atoms with van der Waals surface area (Å²) in [5.74, 6) is 1.40. The lowest BCUT2D eigenvalue weighted by Crippen LogP contribution is -2.25. The summed E-state index contributed by atoms with van der Waals surface area (Å²) in [4.78, 5) is 7.01. The summed E-state index contributed by atoms with van der Waals surface area (Å²) in [6, 6.07) is 6.82. The molecule has 0 aliphatic carbocycles. The first-order valence-corrected chi connectivity index (χ1v) is 8.91. The summed E-state index contributed by atoms with van der Waals surface area (Å²) in [6.45, 7) is 11.3. The Kier molecular flexibility index (Phi) is 6.90. The zero-order chi connectivity index (χ0) is 17.1. The van der Waals surface area contributed by atoms with E-state index in [9.17, 15) is 0 Å². The number of hydrogen-bond donors (Lipinski definition) is 1. The normalized spacial score (nSPS) is 18.8. The Morgan fingerprint density at radius 3 is 2.68 bits per heavy atom. The van der Waals surface area contributed by atoms with Gasteiger partial charge in [0.05, 0.1) is 12.3 Å². The average molecular weight is 363 g/mol. The molecule has 0 saturated carbocycles. The molecule has 0 aromatic carbocycles. The minimum Gasteiger partial charge on any atom is -0.477 e. The Hall–Kier alpha value is -1.53. The molecule has 2 aromatic rings. The molecule has 0 bridgehead atoms. The lowest BCUT2D eigenvalue weighted by molar-refractivity contribution is 0.248. The molecule has 1 aliphatic heterocycles. The molecule has 25 heavy (non-hydrogen) atoms. The lowest BCUT2D eigenvalue weighted by Gasteiger charge is -2.23. The summed E-state index contributed by atoms with van der Waals surface area (Å²) < 4.78 is 5.46. The maximum atomic E-state index is 5.46. The molecule has 3 rings (SSSR count). The van der Waals surface area contributed by atoms with Crippen molar-refractivity contribution < 1.29 is 4.74 Å². The molecule has 1 fully saturated rings. The fraction of sp³-hybridized carbons (Fsp3) is 0.579. The van der Waals surface area contributed by atoms with Gasteiger partial charge in [0, 0.05) is 30.0 Å². The van der Waals surface area contributed by atoms with Crippen molar-refractivity contribution in [3.05, 3.63) is 40.8 Å². The van der Waals surface area contributed by atoms with Crippen LogP contribution in [0.25, 0.3) is 0 Å². The van der Waals surface area contributed by atoms with Gasteiger partial charge in [-0.2, -0.15) is 13.5 Å². The fourth-order valence-electron chi connectivity index (χ4n) is 3.70. The number of rotatable bonds is 6. The molecule has 6 heteroatoms. The number of likely N-dealkylation sites (tertiary alicyclic amines) is 1. The Balaban J connectivity index is 0.00000225. The van der Waals surface area contributed by atoms with Crippen molar-refractivity contribution in [3.8, 4) is 5.88 Å². The second-order valence-corrected chi connectivity index (χ2v) is 6.88. The van der Waals surface area contributed by atoms with E-state index in [2.05, 4.69) is 53.0 Å². The van der Waals surface area contributed by atoms with Gasteiger partial charge in [0.15, 0.2) is 0 Å². The highest BCUT2D eigenvalue weighted by atomic mass is 32.1. The van der Waals surface area contributed by atoms with Gasteiger partial charge in [-0.3, -0.25) is 15.0 Å². The highest BCUT2D eigenvalue weighted by Crippen LogP contribution is 2.29. The van der Waals surface area contributed by atoms with Crippen molar-refractivity contribution in [2.24, 2.45) is 5.92 Å². The molecule has 1 N–H and O–H groups in total. The fourth-order valence-corrected chi connectivity index (χ4v) is 3.70. The van der Waals surface area contributed by atoms with E-state index in [1.54, 1.807) is 0 Å². The third-order valence-corrected chi connectivity index (χ3v) is 4.85. The van der Waals surface area contributed by atoms with E-state index in [1.807, 2.05) is 13.0 Å². The summed E-state index contributed by atoms with van der Waals surface area (Å²) in [6.07, 6.45) is 2.39. The van der Waals surface area contributed by atoms with E-state index in [0.29, 0.717) is 24.4 Å². The van der Waals surface area contributed by atoms with Crippen molar-refractivity contribution in [1.82, 2.24) is 20.1 Å². The van der Waals surface area contributed by atoms with Crippen LogP contribution in [-0.4, -0.2) is 39.8 Å². The van der Waals surface area contributed by atoms with E-state index in [1.165, 1.54) is 12.0 Å². The SMILES string of the molecule is CCOc1cc(C(C)N2CC[C@H](Cc3cc(C)nc(C)c3)C2)[nH]n1.S. The second kappa shape index (κ2) is 8.72. The van der Waals surface area contributed by atoms with Crippen LogP contribution in [0.2, 0.25) is 0 Å². The van der Waals surface area contributed by atoms with Gasteiger partial charge >= 0.3 is 0 Å². The second-order valence-electron chi connectivity index (χ2n) is 6.88. The van der Waals surface area contributed by atoms with Crippen molar-refractivity contribution >= 4 is 13.5 Å². The van der Waals surface area contributed by atoms with Crippen molar-refractivity contribution in [2.75, 3.05) is 19.7 Å². The number of pyridine rings is 1. The van der Waals surface area contributed by atoms with Crippen LogP contribution in [0, 0.1) is 19.8 Å². The van der Waals surface area contributed by atoms with Crippen LogP contribution < -0.4 is 4.74 Å². The van der Waals surface area contributed by atoms with Gasteiger partial charge in [-0.05, 0) is 70.7 Å². The van der Waals surface area contributed by atoms with Crippen LogP contribution in [0.5, 0.6) is 5.88 Å². The van der Waals surface area contributed by atoms with E-state index < -0.39 is 0 Å². The van der Waals surface area contributed by atoms with Crippen molar-refractivity contribution in [3.63, 3.8) is 0 Å². The van der Waals surface area contributed by atoms with Gasteiger partial charge in [0.2, 0.25) is 5.88 Å². The summed E-state index contributed by atoms with van der Waals surface area (Å²) in [5, 5.41) is 7.35. The average Bonchev–Trinajstić information content (AvgIpc) is 3.15. The number of nitrogens with one attached hydrogen (secondary N) is 1. The Labute approximate surface area is 157 Å². The third kappa shape index (κ3) is 4.98. The van der Waals surface area contributed by atoms with Gasteiger partial charge in [0.1, 0.15) is 0 Å². The van der Waals surface area contributed by atoms with Crippen molar-refractivity contribution in [2.45, 2.75) is 46.6 Å². The van der Waals surface area contributed by atoms with E-state index >= 15 is 0 Å². The highest BCUT2D eigenvalue weighted by molar-refractivity contribution is 7.59. The number of aromatic nitrogens is 3. The first-order chi connectivity index (χ1) is 11.5. The molecule has 0 amide bonds. The zero-order valence-corrected chi connectivity index (χ0v) is 16.7. The first kappa shape index (κ1) is 19.8. The smallest absolute Gasteiger partial charge is 0.232 e. The lowest BCUT2D eigenvalue weighted by atomic mass is 9.98. The monoisotopic (exact) mass is 362 g/mol. The molecule has 1 unspecified atom stereocenters. The molecule has 0 radical (unpaired) electrons. The standard InChI is InChI=1S/C19H28N4O.H2S/c1-5-24-19-11-18(21-22-19)15(4)23-7-6-16(12-23)10-17-8-13(2)20-14(3)9-17;/h8-9,11,15-16H,5-7,10,12H2,1-4H3,(H,21,22);1H2/t15?,16-;/m1./s1. The predicted octanol–water partition coefficient (Wildman–Crippen LogP) is 3.56. The predicted molar refractivity (Wildman–Crippen MR) is 106 cm³/mol. The quantitative estimate of drug-likeness (QED) is 0.854. The molecule has 2 atom stereocenters. The topological polar surface area (TPSA) is 54.0 Å². The number of H-pyrrole nitrogens is 1. The minimum atomic E-state index is 0. The number of ether oxygens (including phenoxy) is 1. The van der Waals surface area contributed by atoms with Crippen LogP contribution in [0.15, 0.2) is 18.2 Å². The highest BCUT2D eigenvalue weighted by Gasteiger charge is 2.28. The Bertz CT molecular complexity index is 668. The zero-order valence-electron chi connectivity index (χ0n) is 15.7. The van der Waals surface area contributed by atoms with E-state index in [-0.39, 0.29) is 13.5 Å². The van der Waals surface area contributed by atoms with Crippen LogP contribution in [-0.2, 0) is 6.42 Å². The van der Waals surface area contributed by atoms with Crippen LogP contribution >= 0.6 is 13.5 Å². The van der Waals surface area contributed by atoms with Gasteiger partial charge in [-0.15, -0.1) is 5.10 Å². The van der Waals surface area contributed by atoms with Crippen LogP contribution in [0.1, 0.15) is 49.0 Å². The van der Waals surface area contributed by atoms with Gasteiger partial charge in [0.25, 0.3) is 0 Å². The molecule has 0 spiro atoms. The number of nitrogens with zero attached hydrogens (tertiary/aromatic N) is 3. The largest absolute Gasteiger partial charge is 0.477 e. The molecule has 1 saturated heterocycles. The van der Waals surface area contributed by atoms with E-state index in [0.717, 1.165) is 36.6 Å². The number of hydrogen-bond acceptors (Lipinski definition) is 4. The molecular weight excluding hydrogens is 332 g/mol. The number of aryl methyl sites for hydroxylation is 2. The van der Waals surface area contributed by atoms with Crippen molar-refractivity contribution in [1.29, 1.82) is 0 Å². The molecule has 1 aliphatic rings.